The second-order valence-corrected chi connectivity index (χ2v) is 5.34. The lowest BCUT2D eigenvalue weighted by Crippen LogP contribution is -2.32. The normalized spacial score (nSPS) is 18.5. The van der Waals surface area contributed by atoms with Crippen LogP contribution >= 0.6 is 0 Å². The zero-order chi connectivity index (χ0) is 12.1. The Labute approximate surface area is 106 Å². The summed E-state index contributed by atoms with van der Waals surface area (Å²) in [6.45, 7) is 5.62. The van der Waals surface area contributed by atoms with Gasteiger partial charge in [0.1, 0.15) is 0 Å². The van der Waals surface area contributed by atoms with Gasteiger partial charge in [-0.05, 0) is 43.2 Å². The van der Waals surface area contributed by atoms with Crippen molar-refractivity contribution in [3.63, 3.8) is 0 Å². The molecule has 17 heavy (non-hydrogen) atoms. The van der Waals surface area contributed by atoms with Gasteiger partial charge in [0, 0.05) is 12.6 Å². The first-order valence-electron chi connectivity index (χ1n) is 7.11. The highest BCUT2D eigenvalue weighted by molar-refractivity contribution is 5.26. The first kappa shape index (κ1) is 12.6. The quantitative estimate of drug-likeness (QED) is 0.810. The SMILES string of the molecule is CCc1ccccc1CNC(C)C1CCCC1. The first-order chi connectivity index (χ1) is 8.31. The molecule has 0 aromatic heterocycles. The van der Waals surface area contributed by atoms with Crippen molar-refractivity contribution >= 4 is 0 Å². The van der Waals surface area contributed by atoms with Crippen LogP contribution in [0, 0.1) is 5.92 Å². The summed E-state index contributed by atoms with van der Waals surface area (Å²) in [5.74, 6) is 0.906. The maximum atomic E-state index is 3.72. The molecule has 1 nitrogen and oxygen atoms in total. The van der Waals surface area contributed by atoms with Crippen molar-refractivity contribution in [3.8, 4) is 0 Å². The van der Waals surface area contributed by atoms with Crippen molar-refractivity contribution in [2.24, 2.45) is 5.92 Å². The van der Waals surface area contributed by atoms with E-state index in [1.54, 1.807) is 0 Å². The molecule has 1 unspecified atom stereocenters. The zero-order valence-electron chi connectivity index (χ0n) is 11.2. The van der Waals surface area contributed by atoms with E-state index >= 15 is 0 Å². The van der Waals surface area contributed by atoms with Gasteiger partial charge < -0.3 is 5.32 Å². The lowest BCUT2D eigenvalue weighted by Gasteiger charge is -2.21. The van der Waals surface area contributed by atoms with Crippen molar-refractivity contribution in [2.75, 3.05) is 0 Å². The molecular formula is C16H25N. The molecule has 1 fully saturated rings. The van der Waals surface area contributed by atoms with E-state index < -0.39 is 0 Å². The van der Waals surface area contributed by atoms with E-state index in [-0.39, 0.29) is 0 Å². The fraction of sp³-hybridized carbons (Fsp3) is 0.625. The van der Waals surface area contributed by atoms with Gasteiger partial charge in [-0.15, -0.1) is 0 Å². The number of benzene rings is 1. The number of hydrogen-bond acceptors (Lipinski definition) is 1. The van der Waals surface area contributed by atoms with Crippen molar-refractivity contribution in [1.82, 2.24) is 5.32 Å². The molecule has 0 spiro atoms. The third-order valence-electron chi connectivity index (χ3n) is 4.22. The number of rotatable bonds is 5. The van der Waals surface area contributed by atoms with Crippen molar-refractivity contribution in [1.29, 1.82) is 0 Å². The van der Waals surface area contributed by atoms with E-state index in [1.165, 1.54) is 36.8 Å². The Morgan fingerprint density at radius 3 is 2.47 bits per heavy atom. The summed E-state index contributed by atoms with van der Waals surface area (Å²) in [5.41, 5.74) is 2.96. The van der Waals surface area contributed by atoms with Crippen LogP contribution < -0.4 is 5.32 Å². The molecule has 94 valence electrons. The van der Waals surface area contributed by atoms with E-state index in [0.717, 1.165) is 18.9 Å². The fourth-order valence-electron chi connectivity index (χ4n) is 2.97. The van der Waals surface area contributed by atoms with Crippen LogP contribution in [0.3, 0.4) is 0 Å². The smallest absolute Gasteiger partial charge is 0.0210 e. The topological polar surface area (TPSA) is 12.0 Å². The summed E-state index contributed by atoms with van der Waals surface area (Å²) < 4.78 is 0. The minimum Gasteiger partial charge on any atom is -0.310 e. The van der Waals surface area contributed by atoms with Gasteiger partial charge in [0.05, 0.1) is 0 Å². The van der Waals surface area contributed by atoms with Crippen molar-refractivity contribution in [2.45, 2.75) is 58.5 Å². The van der Waals surface area contributed by atoms with E-state index in [1.807, 2.05) is 0 Å². The van der Waals surface area contributed by atoms with Gasteiger partial charge in [0.2, 0.25) is 0 Å². The molecular weight excluding hydrogens is 206 g/mol. The monoisotopic (exact) mass is 231 g/mol. The highest BCUT2D eigenvalue weighted by Gasteiger charge is 2.20. The predicted molar refractivity (Wildman–Crippen MR) is 74.1 cm³/mol. The van der Waals surface area contributed by atoms with Crippen molar-refractivity contribution in [3.05, 3.63) is 35.4 Å². The van der Waals surface area contributed by atoms with Gasteiger partial charge in [-0.1, -0.05) is 44.0 Å². The second-order valence-electron chi connectivity index (χ2n) is 5.34. The van der Waals surface area contributed by atoms with Gasteiger partial charge in [-0.25, -0.2) is 0 Å². The highest BCUT2D eigenvalue weighted by atomic mass is 14.9. The Morgan fingerprint density at radius 2 is 1.82 bits per heavy atom. The summed E-state index contributed by atoms with van der Waals surface area (Å²) in [6.07, 6.45) is 6.84. The lowest BCUT2D eigenvalue weighted by molar-refractivity contribution is 0.380. The van der Waals surface area contributed by atoms with E-state index in [9.17, 15) is 0 Å². The van der Waals surface area contributed by atoms with Crippen LogP contribution in [0.25, 0.3) is 0 Å². The fourth-order valence-corrected chi connectivity index (χ4v) is 2.97. The third kappa shape index (κ3) is 3.32. The molecule has 1 aliphatic carbocycles. The van der Waals surface area contributed by atoms with Crippen molar-refractivity contribution < 1.29 is 0 Å². The highest BCUT2D eigenvalue weighted by Crippen LogP contribution is 2.27. The summed E-state index contributed by atoms with van der Waals surface area (Å²) in [5, 5.41) is 3.72. The molecule has 0 bridgehead atoms. The summed E-state index contributed by atoms with van der Waals surface area (Å²) >= 11 is 0. The number of nitrogens with one attached hydrogen (secondary N) is 1. The molecule has 0 heterocycles. The Balaban J connectivity index is 1.88. The van der Waals surface area contributed by atoms with E-state index in [4.69, 9.17) is 0 Å². The molecule has 2 rings (SSSR count). The van der Waals surface area contributed by atoms with E-state index in [2.05, 4.69) is 43.4 Å². The van der Waals surface area contributed by atoms with Crippen LogP contribution in [-0.4, -0.2) is 6.04 Å². The van der Waals surface area contributed by atoms with Crippen LogP contribution in [0.5, 0.6) is 0 Å². The molecule has 0 amide bonds. The van der Waals surface area contributed by atoms with Crippen LogP contribution in [0.15, 0.2) is 24.3 Å². The molecule has 1 heteroatoms. The number of hydrogen-bond donors (Lipinski definition) is 1. The maximum absolute atomic E-state index is 3.72. The molecule has 1 aliphatic rings. The van der Waals surface area contributed by atoms with Crippen LogP contribution in [0.1, 0.15) is 50.7 Å². The standard InChI is InChI=1S/C16H25N/c1-3-14-8-4-7-11-16(14)12-17-13(2)15-9-5-6-10-15/h4,7-8,11,13,15,17H,3,5-6,9-10,12H2,1-2H3. The van der Waals surface area contributed by atoms with Gasteiger partial charge in [0.15, 0.2) is 0 Å². The third-order valence-corrected chi connectivity index (χ3v) is 4.22. The van der Waals surface area contributed by atoms with Gasteiger partial charge in [-0.3, -0.25) is 0 Å². The molecule has 1 N–H and O–H groups in total. The summed E-state index contributed by atoms with van der Waals surface area (Å²) in [4.78, 5) is 0. The van der Waals surface area contributed by atoms with Gasteiger partial charge in [-0.2, -0.15) is 0 Å². The largest absolute Gasteiger partial charge is 0.310 e. The molecule has 1 saturated carbocycles. The Kier molecular flexibility index (Phi) is 4.61. The average Bonchev–Trinajstić information content (AvgIpc) is 2.90. The predicted octanol–water partition coefficient (Wildman–Crippen LogP) is 3.92. The van der Waals surface area contributed by atoms with Crippen LogP contribution in [0.2, 0.25) is 0 Å². The summed E-state index contributed by atoms with van der Waals surface area (Å²) in [7, 11) is 0. The minimum absolute atomic E-state index is 0.669. The number of aryl methyl sites for hydroxylation is 1. The second kappa shape index (κ2) is 6.20. The minimum atomic E-state index is 0.669. The molecule has 1 atom stereocenters. The van der Waals surface area contributed by atoms with E-state index in [0.29, 0.717) is 6.04 Å². The Hall–Kier alpha value is -0.820. The molecule has 0 radical (unpaired) electrons. The Morgan fingerprint density at radius 1 is 1.18 bits per heavy atom. The molecule has 1 aromatic carbocycles. The van der Waals surface area contributed by atoms with Gasteiger partial charge >= 0.3 is 0 Å². The lowest BCUT2D eigenvalue weighted by atomic mass is 9.99. The zero-order valence-corrected chi connectivity index (χ0v) is 11.2. The molecule has 1 aromatic rings. The van der Waals surface area contributed by atoms with Crippen LogP contribution in [0.4, 0.5) is 0 Å². The average molecular weight is 231 g/mol. The first-order valence-corrected chi connectivity index (χ1v) is 7.11. The summed E-state index contributed by atoms with van der Waals surface area (Å²) in [6, 6.07) is 9.46. The van der Waals surface area contributed by atoms with Gasteiger partial charge in [0.25, 0.3) is 0 Å². The molecule has 0 aliphatic heterocycles. The maximum Gasteiger partial charge on any atom is 0.0210 e. The van der Waals surface area contributed by atoms with Crippen LogP contribution in [-0.2, 0) is 13.0 Å². The molecule has 0 saturated heterocycles. The Bertz CT molecular complexity index is 339.